The number of rotatable bonds is 9. The average Bonchev–Trinajstić information content (AvgIpc) is 2.98. The van der Waals surface area contributed by atoms with Crippen molar-refractivity contribution in [3.05, 3.63) is 47.3 Å². The van der Waals surface area contributed by atoms with E-state index < -0.39 is 0 Å². The second-order valence-electron chi connectivity index (χ2n) is 5.99. The Bertz CT molecular complexity index is 694. The molecular weight excluding hydrogens is 342 g/mol. The van der Waals surface area contributed by atoms with Crippen molar-refractivity contribution >= 4 is 17.7 Å². The topological polar surface area (TPSA) is 54.2 Å². The van der Waals surface area contributed by atoms with Crippen molar-refractivity contribution in [3.63, 3.8) is 0 Å². The van der Waals surface area contributed by atoms with Gasteiger partial charge < -0.3 is 10.6 Å². The number of hydrogen-bond donors (Lipinski definition) is 2. The smallest absolute Gasteiger partial charge is 0.191 e. The summed E-state index contributed by atoms with van der Waals surface area (Å²) in [6, 6.07) is 10.5. The van der Waals surface area contributed by atoms with E-state index in [0.717, 1.165) is 43.3 Å². The van der Waals surface area contributed by atoms with Crippen LogP contribution < -0.4 is 10.6 Å². The second-order valence-corrected chi connectivity index (χ2v) is 7.15. The lowest BCUT2D eigenvalue weighted by atomic mass is 10.1. The first-order valence-corrected chi connectivity index (χ1v) is 10.4. The third-order valence-electron chi connectivity index (χ3n) is 4.17. The van der Waals surface area contributed by atoms with Gasteiger partial charge in [-0.15, -0.1) is 11.8 Å². The summed E-state index contributed by atoms with van der Waals surface area (Å²) >= 11 is 1.85. The van der Waals surface area contributed by atoms with Gasteiger partial charge in [-0.1, -0.05) is 32.0 Å². The minimum atomic E-state index is 0.668. The minimum absolute atomic E-state index is 0.668. The molecule has 1 heterocycles. The fraction of sp³-hybridized carbons (Fsp3) is 0.500. The van der Waals surface area contributed by atoms with Crippen molar-refractivity contribution in [1.29, 1.82) is 0 Å². The lowest BCUT2D eigenvalue weighted by Crippen LogP contribution is -2.38. The molecule has 0 atom stereocenters. The maximum absolute atomic E-state index is 4.79. The zero-order chi connectivity index (χ0) is 18.8. The minimum Gasteiger partial charge on any atom is -0.357 e. The number of aryl methyl sites for hydroxylation is 2. The molecule has 0 fully saturated rings. The van der Waals surface area contributed by atoms with Crippen LogP contribution in [0.2, 0.25) is 0 Å². The molecule has 0 aliphatic heterocycles. The predicted octanol–water partition coefficient (Wildman–Crippen LogP) is 3.39. The summed E-state index contributed by atoms with van der Waals surface area (Å²) in [5.74, 6) is 1.87. The van der Waals surface area contributed by atoms with Crippen molar-refractivity contribution in [3.8, 4) is 0 Å². The number of aromatic nitrogens is 2. The largest absolute Gasteiger partial charge is 0.357 e. The molecule has 5 nitrogen and oxygen atoms in total. The third kappa shape index (κ3) is 5.80. The van der Waals surface area contributed by atoms with Crippen molar-refractivity contribution in [1.82, 2.24) is 20.4 Å². The molecule has 0 radical (unpaired) electrons. The molecule has 0 saturated heterocycles. The third-order valence-corrected chi connectivity index (χ3v) is 5.19. The molecule has 0 amide bonds. The lowest BCUT2D eigenvalue weighted by molar-refractivity contribution is 0.703. The SMILES string of the molecule is CCNC(=NCc1c(CC)nn(C)c1CC)NCCSc1ccccc1. The number of aliphatic imine (C=N–C) groups is 1. The van der Waals surface area contributed by atoms with Gasteiger partial charge in [-0.2, -0.15) is 5.10 Å². The van der Waals surface area contributed by atoms with E-state index in [2.05, 4.69) is 60.8 Å². The Hall–Kier alpha value is -1.95. The van der Waals surface area contributed by atoms with Gasteiger partial charge in [0.1, 0.15) is 0 Å². The van der Waals surface area contributed by atoms with Crippen LogP contribution in [0.15, 0.2) is 40.2 Å². The fourth-order valence-electron chi connectivity index (χ4n) is 2.93. The summed E-state index contributed by atoms with van der Waals surface area (Å²) in [6.07, 6.45) is 1.92. The quantitative estimate of drug-likeness (QED) is 0.306. The predicted molar refractivity (Wildman–Crippen MR) is 112 cm³/mol. The lowest BCUT2D eigenvalue weighted by Gasteiger charge is -2.11. The summed E-state index contributed by atoms with van der Waals surface area (Å²) in [6.45, 7) is 8.81. The highest BCUT2D eigenvalue weighted by atomic mass is 32.2. The van der Waals surface area contributed by atoms with Gasteiger partial charge >= 0.3 is 0 Å². The molecule has 0 unspecified atom stereocenters. The fourth-order valence-corrected chi connectivity index (χ4v) is 3.72. The van der Waals surface area contributed by atoms with Crippen LogP contribution >= 0.6 is 11.8 Å². The van der Waals surface area contributed by atoms with Crippen LogP contribution in [0.5, 0.6) is 0 Å². The maximum Gasteiger partial charge on any atom is 0.191 e. The molecule has 0 bridgehead atoms. The van der Waals surface area contributed by atoms with E-state index in [1.54, 1.807) is 0 Å². The Balaban J connectivity index is 1.94. The van der Waals surface area contributed by atoms with E-state index in [1.807, 2.05) is 29.6 Å². The van der Waals surface area contributed by atoms with Crippen LogP contribution in [-0.4, -0.2) is 34.6 Å². The molecule has 1 aromatic carbocycles. The highest BCUT2D eigenvalue weighted by Crippen LogP contribution is 2.17. The van der Waals surface area contributed by atoms with Crippen LogP contribution in [0, 0.1) is 0 Å². The Labute approximate surface area is 161 Å². The van der Waals surface area contributed by atoms with Gasteiger partial charge in [0, 0.05) is 42.0 Å². The summed E-state index contributed by atoms with van der Waals surface area (Å²) < 4.78 is 2.00. The number of nitrogens with one attached hydrogen (secondary N) is 2. The number of guanidine groups is 1. The van der Waals surface area contributed by atoms with Gasteiger partial charge in [0.25, 0.3) is 0 Å². The zero-order valence-corrected chi connectivity index (χ0v) is 17.2. The van der Waals surface area contributed by atoms with Crippen LogP contribution in [-0.2, 0) is 26.4 Å². The van der Waals surface area contributed by atoms with Crippen LogP contribution in [0.4, 0.5) is 0 Å². The first-order valence-electron chi connectivity index (χ1n) is 9.43. The molecule has 2 N–H and O–H groups in total. The summed E-state index contributed by atoms with van der Waals surface area (Å²) in [5, 5.41) is 11.4. The van der Waals surface area contributed by atoms with Gasteiger partial charge in [0.05, 0.1) is 12.2 Å². The zero-order valence-electron chi connectivity index (χ0n) is 16.4. The van der Waals surface area contributed by atoms with E-state index in [9.17, 15) is 0 Å². The van der Waals surface area contributed by atoms with E-state index in [-0.39, 0.29) is 0 Å². The number of hydrogen-bond acceptors (Lipinski definition) is 3. The van der Waals surface area contributed by atoms with Gasteiger partial charge in [-0.3, -0.25) is 4.68 Å². The first-order chi connectivity index (χ1) is 12.7. The number of nitrogens with zero attached hydrogens (tertiary/aromatic N) is 3. The molecule has 0 aliphatic rings. The monoisotopic (exact) mass is 373 g/mol. The maximum atomic E-state index is 4.79. The van der Waals surface area contributed by atoms with Gasteiger partial charge in [-0.05, 0) is 31.9 Å². The molecule has 0 aliphatic carbocycles. The molecule has 1 aromatic heterocycles. The molecule has 2 aromatic rings. The van der Waals surface area contributed by atoms with Crippen molar-refractivity contribution in [2.45, 2.75) is 45.1 Å². The van der Waals surface area contributed by atoms with E-state index in [4.69, 9.17) is 4.99 Å². The van der Waals surface area contributed by atoms with Crippen molar-refractivity contribution in [2.75, 3.05) is 18.8 Å². The highest BCUT2D eigenvalue weighted by Gasteiger charge is 2.13. The molecule has 6 heteroatoms. The van der Waals surface area contributed by atoms with Crippen molar-refractivity contribution < 1.29 is 0 Å². The molecule has 2 rings (SSSR count). The van der Waals surface area contributed by atoms with Crippen LogP contribution in [0.25, 0.3) is 0 Å². The molecular formula is C20H31N5S. The Morgan fingerprint density at radius 2 is 1.88 bits per heavy atom. The van der Waals surface area contributed by atoms with E-state index in [0.29, 0.717) is 6.54 Å². The number of thioether (sulfide) groups is 1. The second kappa shape index (κ2) is 10.9. The Morgan fingerprint density at radius 3 is 2.54 bits per heavy atom. The molecule has 0 saturated carbocycles. The molecule has 142 valence electrons. The standard InChI is InChI=1S/C20H31N5S/c1-5-18-17(19(6-2)25(4)24-18)15-23-20(21-7-3)22-13-14-26-16-11-9-8-10-12-16/h8-12H,5-7,13-15H2,1-4H3,(H2,21,22,23). The average molecular weight is 374 g/mol. The molecule has 26 heavy (non-hydrogen) atoms. The van der Waals surface area contributed by atoms with Crippen molar-refractivity contribution in [2.24, 2.45) is 12.0 Å². The summed E-state index contributed by atoms with van der Waals surface area (Å²) in [7, 11) is 2.02. The van der Waals surface area contributed by atoms with Gasteiger partial charge in [-0.25, -0.2) is 4.99 Å². The van der Waals surface area contributed by atoms with E-state index in [1.165, 1.54) is 16.2 Å². The summed E-state index contributed by atoms with van der Waals surface area (Å²) in [4.78, 5) is 6.09. The Kier molecular flexibility index (Phi) is 8.54. The van der Waals surface area contributed by atoms with Gasteiger partial charge in [0.15, 0.2) is 5.96 Å². The van der Waals surface area contributed by atoms with Crippen LogP contribution in [0.1, 0.15) is 37.7 Å². The molecule has 0 spiro atoms. The Morgan fingerprint density at radius 1 is 1.12 bits per heavy atom. The number of benzene rings is 1. The first kappa shape index (κ1) is 20.4. The highest BCUT2D eigenvalue weighted by molar-refractivity contribution is 7.99. The normalized spacial score (nSPS) is 11.6. The van der Waals surface area contributed by atoms with Gasteiger partial charge in [0.2, 0.25) is 0 Å². The van der Waals surface area contributed by atoms with E-state index >= 15 is 0 Å². The van der Waals surface area contributed by atoms with Crippen LogP contribution in [0.3, 0.4) is 0 Å². The summed E-state index contributed by atoms with van der Waals surface area (Å²) in [5.41, 5.74) is 3.71.